The normalized spacial score (nSPS) is 10.8. The molecule has 0 saturated carbocycles. The quantitative estimate of drug-likeness (QED) is 0.745. The van der Waals surface area contributed by atoms with Crippen molar-refractivity contribution < 1.29 is 4.79 Å². The summed E-state index contributed by atoms with van der Waals surface area (Å²) >= 11 is 1.29. The highest BCUT2D eigenvalue weighted by Gasteiger charge is 2.17. The summed E-state index contributed by atoms with van der Waals surface area (Å²) in [4.78, 5) is 12.3. The molecule has 0 atom stereocenters. The maximum absolute atomic E-state index is 12.3. The molecule has 0 saturated heterocycles. The summed E-state index contributed by atoms with van der Waals surface area (Å²) in [5, 5.41) is 14.9. The number of amides is 1. The molecule has 7 nitrogen and oxygen atoms in total. The molecule has 0 aliphatic carbocycles. The summed E-state index contributed by atoms with van der Waals surface area (Å²) in [6.07, 6.45) is 2.53. The Morgan fingerprint density at radius 2 is 2.23 bits per heavy atom. The average molecular weight is 316 g/mol. The van der Waals surface area contributed by atoms with Crippen molar-refractivity contribution in [1.82, 2.24) is 24.3 Å². The van der Waals surface area contributed by atoms with E-state index in [-0.39, 0.29) is 5.91 Å². The molecule has 3 rings (SSSR count). The number of anilines is 1. The average Bonchev–Trinajstić information content (AvgIpc) is 3.11. The number of fused-ring (bicyclic) bond motifs is 1. The third-order valence-corrected chi connectivity index (χ3v) is 4.29. The van der Waals surface area contributed by atoms with E-state index in [0.29, 0.717) is 18.5 Å². The van der Waals surface area contributed by atoms with Crippen molar-refractivity contribution >= 4 is 28.1 Å². The largest absolute Gasteiger partial charge is 0.378 e. The molecule has 1 amide bonds. The van der Waals surface area contributed by atoms with Gasteiger partial charge in [0.15, 0.2) is 5.65 Å². The van der Waals surface area contributed by atoms with Gasteiger partial charge in [0.1, 0.15) is 10.8 Å². The second-order valence-corrected chi connectivity index (χ2v) is 5.55. The molecule has 22 heavy (non-hydrogen) atoms. The summed E-state index contributed by atoms with van der Waals surface area (Å²) in [5.41, 5.74) is 2.15. The zero-order valence-corrected chi connectivity index (χ0v) is 13.1. The van der Waals surface area contributed by atoms with Crippen molar-refractivity contribution in [2.75, 3.05) is 18.9 Å². The lowest BCUT2D eigenvalue weighted by molar-refractivity contribution is 0.0954. The molecule has 0 bridgehead atoms. The topological polar surface area (TPSA) is 84.2 Å². The molecule has 0 aliphatic heterocycles. The van der Waals surface area contributed by atoms with Gasteiger partial charge in [-0.1, -0.05) is 6.07 Å². The van der Waals surface area contributed by atoms with Crippen LogP contribution in [0.4, 0.5) is 5.00 Å². The number of hydrogen-bond donors (Lipinski definition) is 2. The molecule has 8 heteroatoms. The number of aromatic nitrogens is 4. The Morgan fingerprint density at radius 3 is 3.05 bits per heavy atom. The number of rotatable bonds is 5. The molecule has 3 aromatic heterocycles. The van der Waals surface area contributed by atoms with Crippen LogP contribution >= 0.6 is 11.5 Å². The Morgan fingerprint density at radius 1 is 1.36 bits per heavy atom. The van der Waals surface area contributed by atoms with Crippen LogP contribution in [0.3, 0.4) is 0 Å². The Labute approximate surface area is 131 Å². The highest BCUT2D eigenvalue weighted by atomic mass is 32.1. The van der Waals surface area contributed by atoms with Crippen LogP contribution in [0.2, 0.25) is 0 Å². The molecule has 0 spiro atoms. The highest BCUT2D eigenvalue weighted by Crippen LogP contribution is 2.23. The molecule has 3 aromatic rings. The standard InChI is InChI=1S/C14H16N6OS/c1-9-12(14(15-2)22-19-9)13(21)16-7-6-11-18-17-10-5-3-4-8-20(10)11/h3-5,8,15H,6-7H2,1-2H3,(H,16,21). The van der Waals surface area contributed by atoms with E-state index in [2.05, 4.69) is 25.2 Å². The van der Waals surface area contributed by atoms with Crippen LogP contribution in [-0.2, 0) is 6.42 Å². The van der Waals surface area contributed by atoms with Gasteiger partial charge < -0.3 is 10.6 Å². The van der Waals surface area contributed by atoms with Crippen LogP contribution in [0.5, 0.6) is 0 Å². The van der Waals surface area contributed by atoms with Crippen LogP contribution in [-0.4, -0.2) is 38.5 Å². The minimum Gasteiger partial charge on any atom is -0.378 e. The number of carbonyl (C=O) groups excluding carboxylic acids is 1. The van der Waals surface area contributed by atoms with Gasteiger partial charge in [0, 0.05) is 26.2 Å². The number of aryl methyl sites for hydroxylation is 1. The molecule has 0 fully saturated rings. The second kappa shape index (κ2) is 6.10. The van der Waals surface area contributed by atoms with E-state index in [1.807, 2.05) is 35.7 Å². The van der Waals surface area contributed by atoms with Crippen molar-refractivity contribution in [1.29, 1.82) is 0 Å². The van der Waals surface area contributed by atoms with Crippen molar-refractivity contribution in [2.24, 2.45) is 0 Å². The van der Waals surface area contributed by atoms with Gasteiger partial charge in [0.25, 0.3) is 5.91 Å². The van der Waals surface area contributed by atoms with Gasteiger partial charge in [0.2, 0.25) is 0 Å². The molecule has 3 heterocycles. The summed E-state index contributed by atoms with van der Waals surface area (Å²) in [5.74, 6) is 0.703. The zero-order chi connectivity index (χ0) is 15.5. The summed E-state index contributed by atoms with van der Waals surface area (Å²) < 4.78 is 6.12. The van der Waals surface area contributed by atoms with E-state index in [1.165, 1.54) is 11.5 Å². The summed E-state index contributed by atoms with van der Waals surface area (Å²) in [6, 6.07) is 5.74. The fourth-order valence-electron chi connectivity index (χ4n) is 2.25. The number of nitrogens with one attached hydrogen (secondary N) is 2. The monoisotopic (exact) mass is 316 g/mol. The first kappa shape index (κ1) is 14.5. The molecule has 114 valence electrons. The number of hydrogen-bond acceptors (Lipinski definition) is 6. The lowest BCUT2D eigenvalue weighted by Crippen LogP contribution is -2.27. The van der Waals surface area contributed by atoms with E-state index in [4.69, 9.17) is 0 Å². The van der Waals surface area contributed by atoms with Crippen molar-refractivity contribution in [3.63, 3.8) is 0 Å². The minimum atomic E-state index is -0.121. The predicted octanol–water partition coefficient (Wildman–Crippen LogP) is 1.51. The van der Waals surface area contributed by atoms with E-state index in [9.17, 15) is 4.79 Å². The summed E-state index contributed by atoms with van der Waals surface area (Å²) in [7, 11) is 1.78. The predicted molar refractivity (Wildman–Crippen MR) is 85.4 cm³/mol. The van der Waals surface area contributed by atoms with Crippen LogP contribution < -0.4 is 10.6 Å². The first-order chi connectivity index (χ1) is 10.7. The Balaban J connectivity index is 1.65. The van der Waals surface area contributed by atoms with E-state index in [0.717, 1.165) is 22.2 Å². The zero-order valence-electron chi connectivity index (χ0n) is 12.3. The fraction of sp³-hybridized carbons (Fsp3) is 0.286. The molecular weight excluding hydrogens is 300 g/mol. The third kappa shape index (κ3) is 2.64. The highest BCUT2D eigenvalue weighted by molar-refractivity contribution is 7.10. The smallest absolute Gasteiger partial charge is 0.256 e. The Hall–Kier alpha value is -2.48. The van der Waals surface area contributed by atoms with Crippen LogP contribution in [0.15, 0.2) is 24.4 Å². The lowest BCUT2D eigenvalue weighted by atomic mass is 10.2. The minimum absolute atomic E-state index is 0.121. The van der Waals surface area contributed by atoms with E-state index < -0.39 is 0 Å². The van der Waals surface area contributed by atoms with Crippen molar-refractivity contribution in [3.8, 4) is 0 Å². The van der Waals surface area contributed by atoms with E-state index >= 15 is 0 Å². The van der Waals surface area contributed by atoms with E-state index in [1.54, 1.807) is 7.05 Å². The van der Waals surface area contributed by atoms with Crippen LogP contribution in [0.1, 0.15) is 21.9 Å². The molecule has 2 N–H and O–H groups in total. The number of carbonyl (C=O) groups is 1. The number of pyridine rings is 1. The maximum Gasteiger partial charge on any atom is 0.256 e. The SMILES string of the molecule is CNc1snc(C)c1C(=O)NCCc1nnc2ccccn12. The van der Waals surface area contributed by atoms with Gasteiger partial charge in [-0.3, -0.25) is 9.20 Å². The summed E-state index contributed by atoms with van der Waals surface area (Å²) in [6.45, 7) is 2.32. The second-order valence-electron chi connectivity index (χ2n) is 4.77. The fourth-order valence-corrected chi connectivity index (χ4v) is 2.99. The molecule has 0 aromatic carbocycles. The van der Waals surface area contributed by atoms with Crippen molar-refractivity contribution in [3.05, 3.63) is 41.5 Å². The Kier molecular flexibility index (Phi) is 4.01. The molecular formula is C14H16N6OS. The Bertz CT molecular complexity index is 809. The maximum atomic E-state index is 12.3. The van der Waals surface area contributed by atoms with Crippen LogP contribution in [0.25, 0.3) is 5.65 Å². The van der Waals surface area contributed by atoms with Gasteiger partial charge in [-0.15, -0.1) is 10.2 Å². The van der Waals surface area contributed by atoms with Gasteiger partial charge >= 0.3 is 0 Å². The van der Waals surface area contributed by atoms with Gasteiger partial charge in [-0.25, -0.2) is 0 Å². The van der Waals surface area contributed by atoms with Crippen molar-refractivity contribution in [2.45, 2.75) is 13.3 Å². The van der Waals surface area contributed by atoms with Crippen LogP contribution in [0, 0.1) is 6.92 Å². The van der Waals surface area contributed by atoms with Gasteiger partial charge in [0.05, 0.1) is 11.3 Å². The third-order valence-electron chi connectivity index (χ3n) is 3.34. The molecule has 0 radical (unpaired) electrons. The lowest BCUT2D eigenvalue weighted by Gasteiger charge is -2.06. The first-order valence-electron chi connectivity index (χ1n) is 6.91. The van der Waals surface area contributed by atoms with Gasteiger partial charge in [-0.05, 0) is 30.6 Å². The first-order valence-corrected chi connectivity index (χ1v) is 7.69. The number of nitrogens with zero attached hydrogens (tertiary/aromatic N) is 4. The molecule has 0 unspecified atom stereocenters. The van der Waals surface area contributed by atoms with Gasteiger partial charge in [-0.2, -0.15) is 4.37 Å². The molecule has 0 aliphatic rings.